The van der Waals surface area contributed by atoms with Crippen LogP contribution in [0.1, 0.15) is 13.3 Å². The van der Waals surface area contributed by atoms with E-state index in [9.17, 15) is 4.79 Å². The molecule has 1 rings (SSSR count). The molecule has 0 aliphatic heterocycles. The van der Waals surface area contributed by atoms with Crippen molar-refractivity contribution in [1.29, 1.82) is 0 Å². The Morgan fingerprint density at radius 3 is 2.40 bits per heavy atom. The molecule has 0 heterocycles. The lowest BCUT2D eigenvalue weighted by atomic mass is 10.2. The molecule has 0 aromatic heterocycles. The third-order valence-electron chi connectivity index (χ3n) is 1.87. The molecule has 0 spiro atoms. The second-order valence-electron chi connectivity index (χ2n) is 3.26. The first kappa shape index (κ1) is 11.5. The van der Waals surface area contributed by atoms with Gasteiger partial charge in [0.1, 0.15) is 0 Å². The van der Waals surface area contributed by atoms with Crippen LogP contribution in [0.15, 0.2) is 24.3 Å². The van der Waals surface area contributed by atoms with E-state index in [-0.39, 0.29) is 12.5 Å². The molecule has 0 unspecified atom stereocenters. The van der Waals surface area contributed by atoms with E-state index < -0.39 is 0 Å². The summed E-state index contributed by atoms with van der Waals surface area (Å²) >= 11 is 0. The number of carbonyl (C=O) groups excluding carboxylic acids is 1. The van der Waals surface area contributed by atoms with Crippen molar-refractivity contribution in [3.8, 4) is 0 Å². The van der Waals surface area contributed by atoms with Crippen molar-refractivity contribution in [2.24, 2.45) is 0 Å². The van der Waals surface area contributed by atoms with Crippen LogP contribution in [0.5, 0.6) is 0 Å². The van der Waals surface area contributed by atoms with Crippen molar-refractivity contribution in [2.75, 3.05) is 23.8 Å². The van der Waals surface area contributed by atoms with Gasteiger partial charge in [-0.25, -0.2) is 0 Å². The van der Waals surface area contributed by atoms with Crippen molar-refractivity contribution in [1.82, 2.24) is 0 Å². The van der Waals surface area contributed by atoms with Gasteiger partial charge in [-0.1, -0.05) is 0 Å². The fourth-order valence-corrected chi connectivity index (χ4v) is 1.19. The van der Waals surface area contributed by atoms with Gasteiger partial charge < -0.3 is 15.7 Å². The molecule has 15 heavy (non-hydrogen) atoms. The zero-order valence-corrected chi connectivity index (χ0v) is 8.79. The van der Waals surface area contributed by atoms with Crippen LogP contribution in [0.3, 0.4) is 0 Å². The number of aliphatic hydroxyl groups is 1. The molecule has 0 aliphatic rings. The Bertz CT molecular complexity index is 309. The van der Waals surface area contributed by atoms with Crippen LogP contribution in [0.25, 0.3) is 0 Å². The van der Waals surface area contributed by atoms with Gasteiger partial charge in [0.15, 0.2) is 0 Å². The van der Waals surface area contributed by atoms with E-state index in [1.165, 1.54) is 6.92 Å². The highest BCUT2D eigenvalue weighted by molar-refractivity contribution is 5.88. The molecule has 0 radical (unpaired) electrons. The Morgan fingerprint density at radius 2 is 1.87 bits per heavy atom. The zero-order chi connectivity index (χ0) is 11.1. The number of carbonyl (C=O) groups is 1. The molecule has 0 aliphatic carbocycles. The summed E-state index contributed by atoms with van der Waals surface area (Å²) in [6.45, 7) is 2.42. The quantitative estimate of drug-likeness (QED) is 0.642. The van der Waals surface area contributed by atoms with Crippen LogP contribution in [0.2, 0.25) is 0 Å². The summed E-state index contributed by atoms with van der Waals surface area (Å²) in [5.41, 5.74) is 1.77. The van der Waals surface area contributed by atoms with E-state index in [4.69, 9.17) is 5.11 Å². The maximum absolute atomic E-state index is 10.8. The van der Waals surface area contributed by atoms with Crippen LogP contribution in [-0.2, 0) is 4.79 Å². The Labute approximate surface area is 89.3 Å². The molecular formula is C11H16N2O2. The first-order valence-electron chi connectivity index (χ1n) is 4.95. The van der Waals surface area contributed by atoms with E-state index in [1.807, 2.05) is 24.3 Å². The van der Waals surface area contributed by atoms with Gasteiger partial charge >= 0.3 is 0 Å². The van der Waals surface area contributed by atoms with Gasteiger partial charge in [-0.15, -0.1) is 0 Å². The topological polar surface area (TPSA) is 61.4 Å². The highest BCUT2D eigenvalue weighted by Crippen LogP contribution is 2.13. The number of aliphatic hydroxyl groups excluding tert-OH is 1. The third-order valence-corrected chi connectivity index (χ3v) is 1.87. The van der Waals surface area contributed by atoms with Gasteiger partial charge in [-0.05, 0) is 30.7 Å². The summed E-state index contributed by atoms with van der Waals surface area (Å²) in [5, 5.41) is 14.4. The number of anilines is 2. The van der Waals surface area contributed by atoms with E-state index in [1.54, 1.807) is 0 Å². The van der Waals surface area contributed by atoms with Crippen LogP contribution in [0, 0.1) is 0 Å². The van der Waals surface area contributed by atoms with E-state index in [2.05, 4.69) is 10.6 Å². The average Bonchev–Trinajstić information content (AvgIpc) is 2.20. The lowest BCUT2D eigenvalue weighted by Gasteiger charge is -2.06. The van der Waals surface area contributed by atoms with Gasteiger partial charge in [-0.3, -0.25) is 4.79 Å². The molecule has 0 bridgehead atoms. The number of hydrogen-bond donors (Lipinski definition) is 3. The summed E-state index contributed by atoms with van der Waals surface area (Å²) < 4.78 is 0. The fourth-order valence-electron chi connectivity index (χ4n) is 1.19. The summed E-state index contributed by atoms with van der Waals surface area (Å²) in [4.78, 5) is 10.8. The van der Waals surface area contributed by atoms with E-state index in [0.717, 1.165) is 24.3 Å². The van der Waals surface area contributed by atoms with Crippen molar-refractivity contribution in [3.05, 3.63) is 24.3 Å². The Balaban J connectivity index is 2.45. The highest BCUT2D eigenvalue weighted by Gasteiger charge is 1.95. The smallest absolute Gasteiger partial charge is 0.221 e. The van der Waals surface area contributed by atoms with Crippen molar-refractivity contribution in [3.63, 3.8) is 0 Å². The van der Waals surface area contributed by atoms with Gasteiger partial charge in [0.05, 0.1) is 0 Å². The Morgan fingerprint density at radius 1 is 1.27 bits per heavy atom. The zero-order valence-electron chi connectivity index (χ0n) is 8.79. The molecule has 1 aromatic rings. The minimum atomic E-state index is -0.0732. The minimum absolute atomic E-state index is 0.0732. The second-order valence-corrected chi connectivity index (χ2v) is 3.26. The van der Waals surface area contributed by atoms with Crippen LogP contribution in [0.4, 0.5) is 11.4 Å². The Hall–Kier alpha value is -1.55. The first-order valence-corrected chi connectivity index (χ1v) is 4.95. The number of nitrogens with one attached hydrogen (secondary N) is 2. The number of amides is 1. The first-order chi connectivity index (χ1) is 7.22. The molecule has 4 nitrogen and oxygen atoms in total. The molecule has 82 valence electrons. The number of benzene rings is 1. The van der Waals surface area contributed by atoms with Crippen molar-refractivity contribution in [2.45, 2.75) is 13.3 Å². The van der Waals surface area contributed by atoms with Gasteiger partial charge in [0.25, 0.3) is 0 Å². The fraction of sp³-hybridized carbons (Fsp3) is 0.364. The minimum Gasteiger partial charge on any atom is -0.396 e. The normalized spacial score (nSPS) is 9.73. The predicted octanol–water partition coefficient (Wildman–Crippen LogP) is 1.44. The molecule has 0 fully saturated rings. The molecule has 0 saturated carbocycles. The second kappa shape index (κ2) is 6.03. The lowest BCUT2D eigenvalue weighted by Crippen LogP contribution is -2.06. The summed E-state index contributed by atoms with van der Waals surface area (Å²) in [5.74, 6) is -0.0732. The van der Waals surface area contributed by atoms with Crippen molar-refractivity contribution >= 4 is 17.3 Å². The van der Waals surface area contributed by atoms with Crippen LogP contribution in [-0.4, -0.2) is 24.2 Å². The molecule has 1 aromatic carbocycles. The lowest BCUT2D eigenvalue weighted by molar-refractivity contribution is -0.114. The Kier molecular flexibility index (Phi) is 4.63. The average molecular weight is 208 g/mol. The highest BCUT2D eigenvalue weighted by atomic mass is 16.3. The molecule has 4 heteroatoms. The van der Waals surface area contributed by atoms with Gasteiger partial charge in [-0.2, -0.15) is 0 Å². The SMILES string of the molecule is CC(=O)Nc1ccc(NCCCO)cc1. The van der Waals surface area contributed by atoms with Crippen LogP contribution >= 0.6 is 0 Å². The van der Waals surface area contributed by atoms with Crippen LogP contribution < -0.4 is 10.6 Å². The van der Waals surface area contributed by atoms with Crippen molar-refractivity contribution < 1.29 is 9.90 Å². The van der Waals surface area contributed by atoms with E-state index in [0.29, 0.717) is 0 Å². The maximum atomic E-state index is 10.8. The van der Waals surface area contributed by atoms with Gasteiger partial charge in [0.2, 0.25) is 5.91 Å². The number of rotatable bonds is 5. The third kappa shape index (κ3) is 4.46. The maximum Gasteiger partial charge on any atom is 0.221 e. The largest absolute Gasteiger partial charge is 0.396 e. The van der Waals surface area contributed by atoms with Gasteiger partial charge in [0, 0.05) is 31.5 Å². The summed E-state index contributed by atoms with van der Waals surface area (Å²) in [7, 11) is 0. The molecular weight excluding hydrogens is 192 g/mol. The summed E-state index contributed by atoms with van der Waals surface area (Å²) in [6.07, 6.45) is 0.730. The molecule has 3 N–H and O–H groups in total. The predicted molar refractivity (Wildman–Crippen MR) is 60.9 cm³/mol. The number of hydrogen-bond acceptors (Lipinski definition) is 3. The summed E-state index contributed by atoms with van der Waals surface area (Å²) in [6, 6.07) is 7.46. The molecule has 1 amide bonds. The molecule has 0 saturated heterocycles. The monoisotopic (exact) mass is 208 g/mol. The van der Waals surface area contributed by atoms with E-state index >= 15 is 0 Å². The standard InChI is InChI=1S/C11H16N2O2/c1-9(15)13-11-5-3-10(4-6-11)12-7-2-8-14/h3-6,12,14H,2,7-8H2,1H3,(H,13,15). The molecule has 0 atom stereocenters.